The number of nitrogens with zero attached hydrogens (tertiary/aromatic N) is 1. The van der Waals surface area contributed by atoms with Gasteiger partial charge in [-0.25, -0.2) is 4.79 Å². The van der Waals surface area contributed by atoms with Crippen molar-refractivity contribution in [2.75, 3.05) is 19.7 Å². The lowest BCUT2D eigenvalue weighted by Gasteiger charge is -2.39. The Morgan fingerprint density at radius 3 is 1.80 bits per heavy atom. The van der Waals surface area contributed by atoms with E-state index in [0.29, 0.717) is 32.9 Å². The van der Waals surface area contributed by atoms with E-state index in [2.05, 4.69) is 133 Å². The second kappa shape index (κ2) is 19.0. The smallest absolute Gasteiger partial charge is 0.410 e. The minimum absolute atomic E-state index is 0.0835. The van der Waals surface area contributed by atoms with Crippen LogP contribution in [0.3, 0.4) is 0 Å². The van der Waals surface area contributed by atoms with Crippen LogP contribution >= 0.6 is 0 Å². The van der Waals surface area contributed by atoms with E-state index < -0.39 is 11.2 Å². The minimum Gasteiger partial charge on any atom is -0.488 e. The molecule has 2 unspecified atom stereocenters. The summed E-state index contributed by atoms with van der Waals surface area (Å²) >= 11 is 0. The molecular formula is C55H55NO5. The van der Waals surface area contributed by atoms with Crippen LogP contribution in [0.5, 0.6) is 5.75 Å². The van der Waals surface area contributed by atoms with Crippen LogP contribution in [0, 0.1) is 0 Å². The highest BCUT2D eigenvalue weighted by Crippen LogP contribution is 2.41. The maximum absolute atomic E-state index is 13.4. The predicted octanol–water partition coefficient (Wildman–Crippen LogP) is 12.3. The van der Waals surface area contributed by atoms with Crippen LogP contribution in [0.25, 0.3) is 10.8 Å². The molecule has 0 spiro atoms. The first kappa shape index (κ1) is 41.5. The number of ether oxygens (including phenoxy) is 4. The highest BCUT2D eigenvalue weighted by molar-refractivity contribution is 5.89. The van der Waals surface area contributed by atoms with Crippen molar-refractivity contribution in [1.29, 1.82) is 0 Å². The van der Waals surface area contributed by atoms with Crippen molar-refractivity contribution in [3.8, 4) is 5.75 Å². The van der Waals surface area contributed by atoms with Gasteiger partial charge in [-0.3, -0.25) is 0 Å². The van der Waals surface area contributed by atoms with Gasteiger partial charge in [-0.2, -0.15) is 0 Å². The number of carbonyl (C=O) groups is 1. The van der Waals surface area contributed by atoms with Crippen molar-refractivity contribution in [1.82, 2.24) is 4.90 Å². The summed E-state index contributed by atoms with van der Waals surface area (Å²) in [5.41, 5.74) is 6.42. The molecule has 8 rings (SSSR count). The zero-order valence-electron chi connectivity index (χ0n) is 35.4. The molecule has 310 valence electrons. The van der Waals surface area contributed by atoms with Crippen molar-refractivity contribution in [3.05, 3.63) is 221 Å². The Morgan fingerprint density at radius 2 is 1.20 bits per heavy atom. The number of benzene rings is 7. The summed E-state index contributed by atoms with van der Waals surface area (Å²) < 4.78 is 26.2. The van der Waals surface area contributed by atoms with Crippen LogP contribution in [0.4, 0.5) is 4.79 Å². The van der Waals surface area contributed by atoms with Gasteiger partial charge in [-0.1, -0.05) is 170 Å². The Labute approximate surface area is 360 Å². The van der Waals surface area contributed by atoms with E-state index in [1.54, 1.807) is 4.90 Å². The second-order valence-corrected chi connectivity index (χ2v) is 16.9. The molecule has 7 aromatic carbocycles. The lowest BCUT2D eigenvalue weighted by Crippen LogP contribution is -2.48. The third-order valence-electron chi connectivity index (χ3n) is 11.5. The first-order chi connectivity index (χ1) is 29.7. The van der Waals surface area contributed by atoms with E-state index in [1.165, 1.54) is 11.1 Å². The molecule has 6 heteroatoms. The van der Waals surface area contributed by atoms with Gasteiger partial charge < -0.3 is 23.8 Å². The molecule has 0 bridgehead atoms. The Hall–Kier alpha value is -6.21. The molecule has 0 aliphatic carbocycles. The summed E-state index contributed by atoms with van der Waals surface area (Å²) in [5, 5.41) is 2.15. The molecule has 1 aliphatic heterocycles. The number of piperidine rings is 1. The SMILES string of the molecule is CC(C)(C)OC(=O)N1CCC(c2ccc(CCOC(c3ccccc3)(c3ccccc3)c3ccccc3)cc2)C(OCc2cc(OCc3ccccc3)c3ccccc3c2)C1. The van der Waals surface area contributed by atoms with E-state index in [-0.39, 0.29) is 18.1 Å². The maximum Gasteiger partial charge on any atom is 0.410 e. The number of fused-ring (bicyclic) bond motifs is 1. The molecule has 2 atom stereocenters. The molecule has 1 amide bonds. The fourth-order valence-electron chi connectivity index (χ4n) is 8.46. The molecule has 6 nitrogen and oxygen atoms in total. The van der Waals surface area contributed by atoms with Gasteiger partial charge in [-0.15, -0.1) is 0 Å². The number of rotatable bonds is 14. The van der Waals surface area contributed by atoms with Gasteiger partial charge in [0.2, 0.25) is 0 Å². The molecule has 0 saturated carbocycles. The molecule has 0 radical (unpaired) electrons. The minimum atomic E-state index is -0.768. The van der Waals surface area contributed by atoms with Crippen molar-refractivity contribution >= 4 is 16.9 Å². The lowest BCUT2D eigenvalue weighted by atomic mass is 9.80. The van der Waals surface area contributed by atoms with Gasteiger partial charge >= 0.3 is 6.09 Å². The summed E-state index contributed by atoms with van der Waals surface area (Å²) in [7, 11) is 0. The third kappa shape index (κ3) is 10.1. The quantitative estimate of drug-likeness (QED) is 0.102. The van der Waals surface area contributed by atoms with Crippen LogP contribution in [0.15, 0.2) is 182 Å². The number of carbonyl (C=O) groups excluding carboxylic acids is 1. The van der Waals surface area contributed by atoms with E-state index in [1.807, 2.05) is 69.3 Å². The molecule has 0 N–H and O–H groups in total. The number of likely N-dealkylation sites (tertiary alicyclic amines) is 1. The standard InChI is InChI=1S/C55H55NO5/c1-54(2,3)61-53(57)56-34-32-50(52(38-56)59-40-43-36-45-20-16-17-27-49(45)51(37-43)58-39-42-18-8-4-9-19-42)44-30-28-41(29-31-44)33-35-60-55(46-21-10-5-11-22-46,47-23-12-6-13-24-47)48-25-14-7-15-26-48/h4-31,36-37,50,52H,32-35,38-40H2,1-3H3. The second-order valence-electron chi connectivity index (χ2n) is 16.9. The van der Waals surface area contributed by atoms with E-state index in [9.17, 15) is 4.79 Å². The van der Waals surface area contributed by atoms with Gasteiger partial charge in [0.25, 0.3) is 0 Å². The molecule has 61 heavy (non-hydrogen) atoms. The molecule has 7 aromatic rings. The molecular weight excluding hydrogens is 755 g/mol. The highest BCUT2D eigenvalue weighted by atomic mass is 16.6. The lowest BCUT2D eigenvalue weighted by molar-refractivity contribution is -0.0359. The van der Waals surface area contributed by atoms with E-state index in [0.717, 1.165) is 57.2 Å². The summed E-state index contributed by atoms with van der Waals surface area (Å²) in [6.45, 7) is 8.09. The zero-order valence-corrected chi connectivity index (χ0v) is 35.4. The fraction of sp³-hybridized carbons (Fsp3) is 0.255. The normalized spacial score (nSPS) is 15.7. The average molecular weight is 810 g/mol. The van der Waals surface area contributed by atoms with E-state index >= 15 is 0 Å². The summed E-state index contributed by atoms with van der Waals surface area (Å²) in [6.07, 6.45) is 0.930. The molecule has 1 heterocycles. The Kier molecular flexibility index (Phi) is 12.9. The number of hydrogen-bond acceptors (Lipinski definition) is 5. The third-order valence-corrected chi connectivity index (χ3v) is 11.5. The van der Waals surface area contributed by atoms with Crippen molar-refractivity contribution in [2.45, 2.75) is 70.1 Å². The van der Waals surface area contributed by atoms with Gasteiger partial charge in [0.15, 0.2) is 0 Å². The predicted molar refractivity (Wildman–Crippen MR) is 244 cm³/mol. The van der Waals surface area contributed by atoms with Crippen LogP contribution in [-0.4, -0.2) is 42.4 Å². The van der Waals surface area contributed by atoms with Gasteiger partial charge in [0.1, 0.15) is 23.6 Å². The maximum atomic E-state index is 13.4. The number of amides is 1. The van der Waals surface area contributed by atoms with Crippen LogP contribution in [-0.2, 0) is 39.4 Å². The van der Waals surface area contributed by atoms with Crippen molar-refractivity contribution < 1.29 is 23.7 Å². The topological polar surface area (TPSA) is 57.2 Å². The van der Waals surface area contributed by atoms with Gasteiger partial charge in [0.05, 0.1) is 25.9 Å². The molecule has 1 aliphatic rings. The monoisotopic (exact) mass is 809 g/mol. The summed E-state index contributed by atoms with van der Waals surface area (Å²) in [5.74, 6) is 0.907. The summed E-state index contributed by atoms with van der Waals surface area (Å²) in [4.78, 5) is 15.2. The first-order valence-corrected chi connectivity index (χ1v) is 21.4. The Morgan fingerprint density at radius 1 is 0.623 bits per heavy atom. The van der Waals surface area contributed by atoms with Crippen LogP contribution in [0.2, 0.25) is 0 Å². The van der Waals surface area contributed by atoms with Crippen molar-refractivity contribution in [2.24, 2.45) is 0 Å². The Bertz CT molecular complexity index is 2370. The molecule has 0 aromatic heterocycles. The van der Waals surface area contributed by atoms with E-state index in [4.69, 9.17) is 18.9 Å². The highest BCUT2D eigenvalue weighted by Gasteiger charge is 2.38. The van der Waals surface area contributed by atoms with Gasteiger partial charge in [0, 0.05) is 17.8 Å². The van der Waals surface area contributed by atoms with Crippen LogP contribution < -0.4 is 4.74 Å². The largest absolute Gasteiger partial charge is 0.488 e. The van der Waals surface area contributed by atoms with Gasteiger partial charge in [-0.05, 0) is 90.1 Å². The zero-order chi connectivity index (χ0) is 42.1. The number of hydrogen-bond donors (Lipinski definition) is 0. The molecule has 1 fully saturated rings. The fourth-order valence-corrected chi connectivity index (χ4v) is 8.46. The van der Waals surface area contributed by atoms with Crippen molar-refractivity contribution in [3.63, 3.8) is 0 Å². The van der Waals surface area contributed by atoms with Crippen LogP contribution in [0.1, 0.15) is 72.1 Å². The average Bonchev–Trinajstić information content (AvgIpc) is 3.30. The summed E-state index contributed by atoms with van der Waals surface area (Å²) in [6, 6.07) is 63.2. The first-order valence-electron chi connectivity index (χ1n) is 21.4. The molecule has 1 saturated heterocycles. The Balaban J connectivity index is 1.01.